The molecule has 0 radical (unpaired) electrons. The minimum Gasteiger partial charge on any atom is -0.351 e. The molecule has 16 heavy (non-hydrogen) atoms. The average Bonchev–Trinajstić information content (AvgIpc) is 2.34. The van der Waals surface area contributed by atoms with E-state index in [4.69, 9.17) is 5.26 Å². The molecule has 1 N–H and O–H groups in total. The minimum atomic E-state index is -0.637. The van der Waals surface area contributed by atoms with Gasteiger partial charge in [-0.25, -0.2) is 0 Å². The summed E-state index contributed by atoms with van der Waals surface area (Å²) in [5, 5.41) is 11.5. The summed E-state index contributed by atoms with van der Waals surface area (Å²) in [4.78, 5) is 11.6. The smallest absolute Gasteiger partial charge is 0.237 e. The number of rotatable bonds is 5. The lowest BCUT2D eigenvalue weighted by molar-refractivity contribution is -0.123. The van der Waals surface area contributed by atoms with Crippen LogP contribution >= 0.6 is 0 Å². The topological polar surface area (TPSA) is 52.9 Å². The summed E-state index contributed by atoms with van der Waals surface area (Å²) in [6, 6.07) is 11.5. The fraction of sp³-hybridized carbons (Fsp3) is 0.231. The molecule has 1 aromatic rings. The fourth-order valence-electron chi connectivity index (χ4n) is 1.34. The summed E-state index contributed by atoms with van der Waals surface area (Å²) >= 11 is 0. The van der Waals surface area contributed by atoms with Crippen molar-refractivity contribution in [1.29, 1.82) is 5.26 Å². The summed E-state index contributed by atoms with van der Waals surface area (Å²) in [5.41, 5.74) is 0.989. The summed E-state index contributed by atoms with van der Waals surface area (Å²) in [6.45, 7) is 3.90. The predicted octanol–water partition coefficient (Wildman–Crippen LogP) is 1.67. The van der Waals surface area contributed by atoms with Gasteiger partial charge in [0.15, 0.2) is 0 Å². The summed E-state index contributed by atoms with van der Waals surface area (Å²) in [5.74, 6) is -0.881. The minimum absolute atomic E-state index is 0.244. The van der Waals surface area contributed by atoms with E-state index < -0.39 is 5.92 Å². The highest BCUT2D eigenvalue weighted by molar-refractivity contribution is 5.81. The SMILES string of the molecule is C=CCNC(=O)C(C#N)Cc1ccccc1. The third kappa shape index (κ3) is 3.58. The molecule has 1 rings (SSSR count). The van der Waals surface area contributed by atoms with Gasteiger partial charge >= 0.3 is 0 Å². The summed E-state index contributed by atoms with van der Waals surface area (Å²) in [6.07, 6.45) is 2.04. The van der Waals surface area contributed by atoms with Crippen molar-refractivity contribution in [3.05, 3.63) is 48.6 Å². The van der Waals surface area contributed by atoms with E-state index >= 15 is 0 Å². The molecule has 0 aliphatic rings. The molecule has 3 nitrogen and oxygen atoms in total. The van der Waals surface area contributed by atoms with Gasteiger partial charge < -0.3 is 5.32 Å². The molecule has 1 atom stereocenters. The first-order chi connectivity index (χ1) is 7.77. The molecular weight excluding hydrogens is 200 g/mol. The van der Waals surface area contributed by atoms with Gasteiger partial charge in [-0.15, -0.1) is 6.58 Å². The Labute approximate surface area is 95.4 Å². The number of hydrogen-bond acceptors (Lipinski definition) is 2. The van der Waals surface area contributed by atoms with Gasteiger partial charge in [-0.2, -0.15) is 5.26 Å². The van der Waals surface area contributed by atoms with Gasteiger partial charge in [0, 0.05) is 6.54 Å². The lowest BCUT2D eigenvalue weighted by Crippen LogP contribution is -2.31. The van der Waals surface area contributed by atoms with Crippen molar-refractivity contribution in [2.24, 2.45) is 5.92 Å². The lowest BCUT2D eigenvalue weighted by Gasteiger charge is -2.08. The van der Waals surface area contributed by atoms with Gasteiger partial charge in [0.05, 0.1) is 6.07 Å². The molecule has 0 saturated carbocycles. The number of nitrogens with one attached hydrogen (secondary N) is 1. The molecule has 0 bridgehead atoms. The Morgan fingerprint density at radius 3 is 2.75 bits per heavy atom. The second-order valence-electron chi connectivity index (χ2n) is 3.41. The molecule has 1 aromatic carbocycles. The van der Waals surface area contributed by atoms with Crippen LogP contribution in [0.25, 0.3) is 0 Å². The zero-order valence-corrected chi connectivity index (χ0v) is 9.02. The molecule has 0 fully saturated rings. The number of benzene rings is 1. The van der Waals surface area contributed by atoms with E-state index in [0.29, 0.717) is 13.0 Å². The van der Waals surface area contributed by atoms with Crippen molar-refractivity contribution >= 4 is 5.91 Å². The van der Waals surface area contributed by atoms with Crippen molar-refractivity contribution in [3.8, 4) is 6.07 Å². The number of carbonyl (C=O) groups excluding carboxylic acids is 1. The van der Waals surface area contributed by atoms with Gasteiger partial charge in [-0.1, -0.05) is 36.4 Å². The van der Waals surface area contributed by atoms with Crippen LogP contribution in [0.3, 0.4) is 0 Å². The quantitative estimate of drug-likeness (QED) is 0.758. The van der Waals surface area contributed by atoms with Crippen molar-refractivity contribution in [2.45, 2.75) is 6.42 Å². The van der Waals surface area contributed by atoms with Gasteiger partial charge in [0.25, 0.3) is 0 Å². The van der Waals surface area contributed by atoms with E-state index in [2.05, 4.69) is 11.9 Å². The van der Waals surface area contributed by atoms with Crippen molar-refractivity contribution in [1.82, 2.24) is 5.32 Å². The van der Waals surface area contributed by atoms with Crippen LogP contribution in [-0.4, -0.2) is 12.5 Å². The summed E-state index contributed by atoms with van der Waals surface area (Å²) < 4.78 is 0. The number of hydrogen-bond donors (Lipinski definition) is 1. The molecule has 82 valence electrons. The Bertz CT molecular complexity index is 392. The van der Waals surface area contributed by atoms with Crippen LogP contribution in [-0.2, 0) is 11.2 Å². The van der Waals surface area contributed by atoms with Gasteiger partial charge in [-0.05, 0) is 12.0 Å². The van der Waals surface area contributed by atoms with Crippen molar-refractivity contribution in [3.63, 3.8) is 0 Å². The molecule has 1 amide bonds. The molecule has 3 heteroatoms. The van der Waals surface area contributed by atoms with Crippen LogP contribution in [0, 0.1) is 17.2 Å². The molecule has 0 saturated heterocycles. The highest BCUT2D eigenvalue weighted by Crippen LogP contribution is 2.07. The first-order valence-corrected chi connectivity index (χ1v) is 5.10. The first-order valence-electron chi connectivity index (χ1n) is 5.10. The number of nitriles is 1. The maximum atomic E-state index is 11.6. The number of carbonyl (C=O) groups is 1. The molecule has 0 aromatic heterocycles. The molecule has 1 unspecified atom stereocenters. The second kappa shape index (κ2) is 6.41. The van der Waals surface area contributed by atoms with E-state index in [1.54, 1.807) is 6.08 Å². The standard InChI is InChI=1S/C13H14N2O/c1-2-8-15-13(16)12(10-14)9-11-6-4-3-5-7-11/h2-7,12H,1,8-9H2,(H,15,16). The Balaban J connectivity index is 2.59. The highest BCUT2D eigenvalue weighted by atomic mass is 16.1. The maximum absolute atomic E-state index is 11.6. The first kappa shape index (κ1) is 12.0. The molecule has 0 heterocycles. The Kier molecular flexibility index (Phi) is 4.81. The van der Waals surface area contributed by atoms with Crippen LogP contribution in [0.4, 0.5) is 0 Å². The third-order valence-electron chi connectivity index (χ3n) is 2.18. The van der Waals surface area contributed by atoms with Crippen LogP contribution in [0.15, 0.2) is 43.0 Å². The molecule has 0 aliphatic heterocycles. The fourth-order valence-corrected chi connectivity index (χ4v) is 1.34. The normalized spacial score (nSPS) is 11.2. The third-order valence-corrected chi connectivity index (χ3v) is 2.18. The summed E-state index contributed by atoms with van der Waals surface area (Å²) in [7, 11) is 0. The zero-order chi connectivity index (χ0) is 11.8. The highest BCUT2D eigenvalue weighted by Gasteiger charge is 2.17. The molecule has 0 spiro atoms. The van der Waals surface area contributed by atoms with Crippen molar-refractivity contribution in [2.75, 3.05) is 6.54 Å². The Morgan fingerprint density at radius 1 is 1.50 bits per heavy atom. The van der Waals surface area contributed by atoms with E-state index in [1.165, 1.54) is 0 Å². The van der Waals surface area contributed by atoms with Crippen LogP contribution in [0.2, 0.25) is 0 Å². The Hall–Kier alpha value is -2.08. The zero-order valence-electron chi connectivity index (χ0n) is 9.02. The molecule has 0 aliphatic carbocycles. The van der Waals surface area contributed by atoms with E-state index in [9.17, 15) is 4.79 Å². The van der Waals surface area contributed by atoms with E-state index in [0.717, 1.165) is 5.56 Å². The molecular formula is C13H14N2O. The number of nitrogens with zero attached hydrogens (tertiary/aromatic N) is 1. The van der Waals surface area contributed by atoms with Crippen LogP contribution in [0.5, 0.6) is 0 Å². The van der Waals surface area contributed by atoms with E-state index in [1.807, 2.05) is 36.4 Å². The largest absolute Gasteiger partial charge is 0.351 e. The second-order valence-corrected chi connectivity index (χ2v) is 3.41. The monoisotopic (exact) mass is 214 g/mol. The van der Waals surface area contributed by atoms with Crippen LogP contribution < -0.4 is 5.32 Å². The van der Waals surface area contributed by atoms with Gasteiger partial charge in [-0.3, -0.25) is 4.79 Å². The predicted molar refractivity (Wildman–Crippen MR) is 62.5 cm³/mol. The van der Waals surface area contributed by atoms with E-state index in [-0.39, 0.29) is 5.91 Å². The van der Waals surface area contributed by atoms with Crippen LogP contribution in [0.1, 0.15) is 5.56 Å². The average molecular weight is 214 g/mol. The lowest BCUT2D eigenvalue weighted by atomic mass is 10.00. The number of amides is 1. The maximum Gasteiger partial charge on any atom is 0.237 e. The van der Waals surface area contributed by atoms with Gasteiger partial charge in [0.2, 0.25) is 5.91 Å². The Morgan fingerprint density at radius 2 is 2.19 bits per heavy atom. The van der Waals surface area contributed by atoms with Gasteiger partial charge in [0.1, 0.15) is 5.92 Å². The van der Waals surface area contributed by atoms with Crippen molar-refractivity contribution < 1.29 is 4.79 Å².